The number of carbonyl (C=O) groups excluding carboxylic acids is 1. The SMILES string of the molecule is C[C@H](Cc1ccccc1)C(=O)N(OC(C)(C)C)[C@H](C)c1ccc2ccccc2c1. The standard InChI is InChI=1S/C26H31NO2/c1-19(17-21-11-7-6-8-12-21)25(28)27(29-26(3,4)5)20(2)23-16-15-22-13-9-10-14-24(22)18-23/h6-16,18-20H,17H2,1-5H3/t19-,20-/m1/s1. The van der Waals surface area contributed by atoms with Crippen LogP contribution in [-0.4, -0.2) is 16.6 Å². The Labute approximate surface area is 174 Å². The molecular weight excluding hydrogens is 358 g/mol. The van der Waals surface area contributed by atoms with Gasteiger partial charge in [-0.05, 0) is 62.1 Å². The van der Waals surface area contributed by atoms with Gasteiger partial charge in [0.25, 0.3) is 0 Å². The van der Waals surface area contributed by atoms with E-state index in [1.165, 1.54) is 5.39 Å². The summed E-state index contributed by atoms with van der Waals surface area (Å²) >= 11 is 0. The molecule has 152 valence electrons. The van der Waals surface area contributed by atoms with E-state index < -0.39 is 5.60 Å². The number of rotatable bonds is 6. The first-order valence-electron chi connectivity index (χ1n) is 10.3. The molecule has 0 bridgehead atoms. The molecule has 0 unspecified atom stereocenters. The molecule has 3 nitrogen and oxygen atoms in total. The molecule has 2 atom stereocenters. The number of carbonyl (C=O) groups is 1. The average Bonchev–Trinajstić information content (AvgIpc) is 2.70. The highest BCUT2D eigenvalue weighted by atomic mass is 16.7. The van der Waals surface area contributed by atoms with Crippen molar-refractivity contribution in [3.05, 3.63) is 83.9 Å². The predicted molar refractivity (Wildman–Crippen MR) is 119 cm³/mol. The molecule has 0 radical (unpaired) electrons. The van der Waals surface area contributed by atoms with Crippen LogP contribution in [0, 0.1) is 5.92 Å². The van der Waals surface area contributed by atoms with Crippen molar-refractivity contribution in [1.82, 2.24) is 5.06 Å². The molecule has 0 N–H and O–H groups in total. The number of amides is 1. The van der Waals surface area contributed by atoms with E-state index in [9.17, 15) is 4.79 Å². The lowest BCUT2D eigenvalue weighted by molar-refractivity contribution is -0.245. The van der Waals surface area contributed by atoms with Crippen LogP contribution in [-0.2, 0) is 16.1 Å². The van der Waals surface area contributed by atoms with Crippen LogP contribution < -0.4 is 0 Å². The summed E-state index contributed by atoms with van der Waals surface area (Å²) in [5.41, 5.74) is 1.75. The molecule has 0 aromatic heterocycles. The first kappa shape index (κ1) is 21.1. The van der Waals surface area contributed by atoms with Crippen molar-refractivity contribution in [3.8, 4) is 0 Å². The van der Waals surface area contributed by atoms with E-state index in [4.69, 9.17) is 4.84 Å². The summed E-state index contributed by atoms with van der Waals surface area (Å²) in [7, 11) is 0. The largest absolute Gasteiger partial charge is 0.272 e. The second kappa shape index (κ2) is 8.79. The third-order valence-electron chi connectivity index (χ3n) is 5.00. The highest BCUT2D eigenvalue weighted by molar-refractivity contribution is 5.83. The van der Waals surface area contributed by atoms with E-state index >= 15 is 0 Å². The molecule has 0 aliphatic heterocycles. The zero-order chi connectivity index (χ0) is 21.0. The summed E-state index contributed by atoms with van der Waals surface area (Å²) in [5, 5.41) is 3.94. The Kier molecular flexibility index (Phi) is 6.39. The second-order valence-electron chi connectivity index (χ2n) is 8.74. The van der Waals surface area contributed by atoms with E-state index in [1.54, 1.807) is 5.06 Å². The minimum Gasteiger partial charge on any atom is -0.272 e. The zero-order valence-electron chi connectivity index (χ0n) is 18.1. The molecule has 0 saturated carbocycles. The van der Waals surface area contributed by atoms with Gasteiger partial charge in [-0.1, -0.05) is 73.7 Å². The fourth-order valence-electron chi connectivity index (χ4n) is 3.49. The topological polar surface area (TPSA) is 29.5 Å². The Balaban J connectivity index is 1.87. The fourth-order valence-corrected chi connectivity index (χ4v) is 3.49. The van der Waals surface area contributed by atoms with Crippen molar-refractivity contribution in [2.75, 3.05) is 0 Å². The van der Waals surface area contributed by atoms with Crippen LogP contribution in [0.5, 0.6) is 0 Å². The van der Waals surface area contributed by atoms with Crippen molar-refractivity contribution >= 4 is 16.7 Å². The van der Waals surface area contributed by atoms with E-state index in [1.807, 2.05) is 65.0 Å². The number of benzene rings is 3. The lowest BCUT2D eigenvalue weighted by Crippen LogP contribution is -2.43. The summed E-state index contributed by atoms with van der Waals surface area (Å²) in [5.74, 6) is -0.174. The number of nitrogens with zero attached hydrogens (tertiary/aromatic N) is 1. The Hall–Kier alpha value is -2.65. The molecule has 3 heteroatoms. The normalized spacial score (nSPS) is 13.8. The smallest absolute Gasteiger partial charge is 0.249 e. The van der Waals surface area contributed by atoms with Gasteiger partial charge in [-0.3, -0.25) is 9.63 Å². The fraction of sp³-hybridized carbons (Fsp3) is 0.346. The van der Waals surface area contributed by atoms with Crippen LogP contribution in [0.3, 0.4) is 0 Å². The minimum atomic E-state index is -0.465. The maximum atomic E-state index is 13.4. The lowest BCUT2D eigenvalue weighted by atomic mass is 9.98. The summed E-state index contributed by atoms with van der Waals surface area (Å²) in [6, 6.07) is 24.5. The Bertz CT molecular complexity index is 959. The number of hydroxylamine groups is 2. The molecule has 0 spiro atoms. The summed E-state index contributed by atoms with van der Waals surface area (Å²) in [4.78, 5) is 19.6. The van der Waals surface area contributed by atoms with Gasteiger partial charge in [0.2, 0.25) is 5.91 Å². The Morgan fingerprint density at radius 1 is 0.897 bits per heavy atom. The molecule has 0 fully saturated rings. The second-order valence-corrected chi connectivity index (χ2v) is 8.74. The van der Waals surface area contributed by atoms with Gasteiger partial charge in [-0.2, -0.15) is 0 Å². The number of hydrogen-bond acceptors (Lipinski definition) is 2. The Morgan fingerprint density at radius 3 is 2.17 bits per heavy atom. The predicted octanol–water partition coefficient (Wildman–Crippen LogP) is 6.34. The van der Waals surface area contributed by atoms with Crippen LogP contribution in [0.4, 0.5) is 0 Å². The molecule has 0 saturated heterocycles. The molecule has 0 heterocycles. The molecule has 0 aliphatic carbocycles. The quantitative estimate of drug-likeness (QED) is 0.461. The minimum absolute atomic E-state index is 0.00411. The van der Waals surface area contributed by atoms with Crippen LogP contribution in [0.2, 0.25) is 0 Å². The van der Waals surface area contributed by atoms with Gasteiger partial charge in [0.15, 0.2) is 0 Å². The van der Waals surface area contributed by atoms with E-state index in [2.05, 4.69) is 42.5 Å². The van der Waals surface area contributed by atoms with Crippen LogP contribution in [0.15, 0.2) is 72.8 Å². The Morgan fingerprint density at radius 2 is 1.52 bits per heavy atom. The van der Waals surface area contributed by atoms with Crippen molar-refractivity contribution in [2.24, 2.45) is 5.92 Å². The molecular formula is C26H31NO2. The van der Waals surface area contributed by atoms with Gasteiger partial charge >= 0.3 is 0 Å². The van der Waals surface area contributed by atoms with Crippen LogP contribution in [0.1, 0.15) is 51.8 Å². The average molecular weight is 390 g/mol. The molecule has 0 aliphatic rings. The van der Waals surface area contributed by atoms with Gasteiger partial charge in [-0.25, -0.2) is 5.06 Å². The van der Waals surface area contributed by atoms with E-state index in [0.29, 0.717) is 6.42 Å². The molecule has 29 heavy (non-hydrogen) atoms. The molecule has 3 aromatic carbocycles. The van der Waals surface area contributed by atoms with Gasteiger partial charge in [0.05, 0.1) is 11.6 Å². The highest BCUT2D eigenvalue weighted by Gasteiger charge is 2.31. The van der Waals surface area contributed by atoms with E-state index in [0.717, 1.165) is 16.5 Å². The maximum Gasteiger partial charge on any atom is 0.249 e. The third-order valence-corrected chi connectivity index (χ3v) is 5.00. The van der Waals surface area contributed by atoms with Gasteiger partial charge < -0.3 is 0 Å². The van der Waals surface area contributed by atoms with Gasteiger partial charge in [0, 0.05) is 5.92 Å². The first-order chi connectivity index (χ1) is 13.7. The summed E-state index contributed by atoms with van der Waals surface area (Å²) < 4.78 is 0. The van der Waals surface area contributed by atoms with Crippen LogP contribution >= 0.6 is 0 Å². The molecule has 3 aromatic rings. The van der Waals surface area contributed by atoms with Gasteiger partial charge in [0.1, 0.15) is 0 Å². The summed E-state index contributed by atoms with van der Waals surface area (Å²) in [6.45, 7) is 9.93. The zero-order valence-corrected chi connectivity index (χ0v) is 18.1. The van der Waals surface area contributed by atoms with Crippen LogP contribution in [0.25, 0.3) is 10.8 Å². The molecule has 1 amide bonds. The third kappa shape index (κ3) is 5.45. The monoisotopic (exact) mass is 389 g/mol. The van der Waals surface area contributed by atoms with Crippen molar-refractivity contribution < 1.29 is 9.63 Å². The number of hydrogen-bond donors (Lipinski definition) is 0. The van der Waals surface area contributed by atoms with Crippen molar-refractivity contribution in [1.29, 1.82) is 0 Å². The lowest BCUT2D eigenvalue weighted by Gasteiger charge is -2.36. The van der Waals surface area contributed by atoms with Crippen molar-refractivity contribution in [3.63, 3.8) is 0 Å². The van der Waals surface area contributed by atoms with Gasteiger partial charge in [-0.15, -0.1) is 0 Å². The van der Waals surface area contributed by atoms with Crippen molar-refractivity contribution in [2.45, 2.75) is 52.7 Å². The van der Waals surface area contributed by atoms with E-state index in [-0.39, 0.29) is 17.9 Å². The summed E-state index contributed by atoms with van der Waals surface area (Å²) in [6.07, 6.45) is 0.689. The number of fused-ring (bicyclic) bond motifs is 1. The maximum absolute atomic E-state index is 13.4. The highest BCUT2D eigenvalue weighted by Crippen LogP contribution is 2.29. The first-order valence-corrected chi connectivity index (χ1v) is 10.3. The molecule has 3 rings (SSSR count).